The Morgan fingerprint density at radius 3 is 2.50 bits per heavy atom. The molecule has 0 aromatic rings. The Bertz CT molecular complexity index is 247. The first-order valence-corrected chi connectivity index (χ1v) is 7.22. The van der Waals surface area contributed by atoms with Crippen LogP contribution < -0.4 is 0 Å². The van der Waals surface area contributed by atoms with Crippen LogP contribution in [0.2, 0.25) is 0 Å². The van der Waals surface area contributed by atoms with Gasteiger partial charge in [0.1, 0.15) is 0 Å². The minimum Gasteiger partial charge on any atom is -0.379 e. The van der Waals surface area contributed by atoms with Crippen molar-refractivity contribution in [3.05, 3.63) is 0 Å². The summed E-state index contributed by atoms with van der Waals surface area (Å²) in [5.41, 5.74) is 0.280. The van der Waals surface area contributed by atoms with Crippen LogP contribution in [0.4, 0.5) is 0 Å². The van der Waals surface area contributed by atoms with Crippen LogP contribution in [0.3, 0.4) is 0 Å². The maximum atomic E-state index is 6.01. The molecule has 2 saturated heterocycles. The Hall–Kier alpha value is -0.160. The van der Waals surface area contributed by atoms with E-state index in [0.29, 0.717) is 6.10 Å². The average Bonchev–Trinajstić information content (AvgIpc) is 2.79. The lowest BCUT2D eigenvalue weighted by Crippen LogP contribution is -2.41. The molecule has 0 N–H and O–H groups in total. The fourth-order valence-corrected chi connectivity index (χ4v) is 2.65. The Labute approximate surface area is 111 Å². The van der Waals surface area contributed by atoms with E-state index in [2.05, 4.69) is 30.6 Å². The van der Waals surface area contributed by atoms with E-state index in [9.17, 15) is 0 Å². The molecule has 106 valence electrons. The molecule has 0 aromatic heterocycles. The Balaban J connectivity index is 1.60. The summed E-state index contributed by atoms with van der Waals surface area (Å²) in [5, 5.41) is 0. The lowest BCUT2D eigenvalue weighted by Gasteiger charge is -2.31. The zero-order chi connectivity index (χ0) is 13.0. The number of ether oxygens (including phenoxy) is 2. The fraction of sp³-hybridized carbons (Fsp3) is 1.00. The molecule has 0 bridgehead atoms. The number of likely N-dealkylation sites (tertiary alicyclic amines) is 1. The molecule has 1 atom stereocenters. The molecule has 2 rings (SSSR count). The van der Waals surface area contributed by atoms with Crippen LogP contribution in [0.15, 0.2) is 0 Å². The van der Waals surface area contributed by atoms with Crippen LogP contribution in [0.5, 0.6) is 0 Å². The number of morpholine rings is 1. The maximum absolute atomic E-state index is 6.01. The normalized spacial score (nSPS) is 27.8. The molecule has 4 heteroatoms. The highest BCUT2D eigenvalue weighted by Crippen LogP contribution is 2.22. The lowest BCUT2D eigenvalue weighted by molar-refractivity contribution is 0.00186. The van der Waals surface area contributed by atoms with Gasteiger partial charge in [-0.1, -0.05) is 0 Å². The van der Waals surface area contributed by atoms with E-state index in [0.717, 1.165) is 46.0 Å². The highest BCUT2D eigenvalue weighted by molar-refractivity contribution is 4.85. The van der Waals surface area contributed by atoms with E-state index >= 15 is 0 Å². The number of rotatable bonds is 4. The predicted molar refractivity (Wildman–Crippen MR) is 72.9 cm³/mol. The van der Waals surface area contributed by atoms with Gasteiger partial charge < -0.3 is 9.47 Å². The van der Waals surface area contributed by atoms with Gasteiger partial charge in [0, 0.05) is 38.3 Å². The van der Waals surface area contributed by atoms with Crippen LogP contribution in [0.1, 0.15) is 27.2 Å². The second-order valence-corrected chi connectivity index (χ2v) is 6.35. The fourth-order valence-electron chi connectivity index (χ4n) is 2.65. The molecule has 0 radical (unpaired) electrons. The molecule has 0 amide bonds. The summed E-state index contributed by atoms with van der Waals surface area (Å²) in [5.74, 6) is 0. The van der Waals surface area contributed by atoms with Crippen molar-refractivity contribution in [1.29, 1.82) is 0 Å². The van der Waals surface area contributed by atoms with E-state index in [4.69, 9.17) is 9.47 Å². The second kappa shape index (κ2) is 6.33. The van der Waals surface area contributed by atoms with Crippen molar-refractivity contribution in [2.75, 3.05) is 52.5 Å². The number of hydrogen-bond donors (Lipinski definition) is 0. The van der Waals surface area contributed by atoms with E-state index in [-0.39, 0.29) is 5.54 Å². The molecule has 0 spiro atoms. The molecule has 2 aliphatic heterocycles. The summed E-state index contributed by atoms with van der Waals surface area (Å²) in [7, 11) is 0. The van der Waals surface area contributed by atoms with Crippen LogP contribution in [-0.4, -0.2) is 74.0 Å². The molecule has 2 aliphatic rings. The van der Waals surface area contributed by atoms with Gasteiger partial charge in [0.25, 0.3) is 0 Å². The van der Waals surface area contributed by atoms with Crippen LogP contribution >= 0.6 is 0 Å². The number of hydrogen-bond acceptors (Lipinski definition) is 4. The first kappa shape index (κ1) is 14.3. The molecule has 0 saturated carbocycles. The van der Waals surface area contributed by atoms with E-state index in [1.54, 1.807) is 0 Å². The second-order valence-electron chi connectivity index (χ2n) is 6.35. The lowest BCUT2D eigenvalue weighted by atomic mass is 10.1. The van der Waals surface area contributed by atoms with Gasteiger partial charge in [0.05, 0.1) is 25.9 Å². The van der Waals surface area contributed by atoms with Gasteiger partial charge in [-0.25, -0.2) is 0 Å². The molecule has 4 nitrogen and oxygen atoms in total. The van der Waals surface area contributed by atoms with Gasteiger partial charge in [0.2, 0.25) is 0 Å². The van der Waals surface area contributed by atoms with Gasteiger partial charge in [-0.2, -0.15) is 0 Å². The van der Waals surface area contributed by atoms with Gasteiger partial charge in [-0.05, 0) is 27.2 Å². The molecular weight excluding hydrogens is 228 g/mol. The Morgan fingerprint density at radius 2 is 1.89 bits per heavy atom. The zero-order valence-electron chi connectivity index (χ0n) is 12.2. The third kappa shape index (κ3) is 4.19. The van der Waals surface area contributed by atoms with Gasteiger partial charge in [0.15, 0.2) is 0 Å². The Morgan fingerprint density at radius 1 is 1.17 bits per heavy atom. The minimum absolute atomic E-state index is 0.280. The van der Waals surface area contributed by atoms with Crippen molar-refractivity contribution in [1.82, 2.24) is 9.80 Å². The largest absolute Gasteiger partial charge is 0.379 e. The maximum Gasteiger partial charge on any atom is 0.0715 e. The predicted octanol–water partition coefficient (Wildman–Crippen LogP) is 1.21. The number of nitrogens with zero attached hydrogens (tertiary/aromatic N) is 2. The van der Waals surface area contributed by atoms with Crippen molar-refractivity contribution in [2.24, 2.45) is 0 Å². The average molecular weight is 256 g/mol. The standard InChI is InChI=1S/C14H28N2O2/c1-14(2,3)16-5-4-13(12-16)18-11-8-15-6-9-17-10-7-15/h13H,4-12H2,1-3H3/t13-/m1/s1. The molecule has 18 heavy (non-hydrogen) atoms. The van der Waals surface area contributed by atoms with Crippen molar-refractivity contribution in [3.8, 4) is 0 Å². The third-order valence-electron chi connectivity index (χ3n) is 3.96. The van der Waals surface area contributed by atoms with Crippen LogP contribution in [-0.2, 0) is 9.47 Å². The Kier molecular flexibility index (Phi) is 5.01. The molecule has 0 aromatic carbocycles. The third-order valence-corrected chi connectivity index (χ3v) is 3.96. The monoisotopic (exact) mass is 256 g/mol. The van der Waals surface area contributed by atoms with E-state index in [1.807, 2.05) is 0 Å². The van der Waals surface area contributed by atoms with Crippen molar-refractivity contribution >= 4 is 0 Å². The summed E-state index contributed by atoms with van der Waals surface area (Å²) in [6, 6.07) is 0. The summed E-state index contributed by atoms with van der Waals surface area (Å²) >= 11 is 0. The molecule has 0 unspecified atom stereocenters. The molecule has 2 fully saturated rings. The van der Waals surface area contributed by atoms with E-state index in [1.165, 1.54) is 13.0 Å². The van der Waals surface area contributed by atoms with Gasteiger partial charge in [-0.3, -0.25) is 9.80 Å². The van der Waals surface area contributed by atoms with Crippen molar-refractivity contribution in [3.63, 3.8) is 0 Å². The molecule has 2 heterocycles. The quantitative estimate of drug-likeness (QED) is 0.755. The van der Waals surface area contributed by atoms with Gasteiger partial charge >= 0.3 is 0 Å². The molecular formula is C14H28N2O2. The van der Waals surface area contributed by atoms with E-state index < -0.39 is 0 Å². The summed E-state index contributed by atoms with van der Waals surface area (Å²) < 4.78 is 11.3. The van der Waals surface area contributed by atoms with Crippen molar-refractivity contribution in [2.45, 2.75) is 38.8 Å². The minimum atomic E-state index is 0.280. The summed E-state index contributed by atoms with van der Waals surface area (Å²) in [6.07, 6.45) is 1.62. The van der Waals surface area contributed by atoms with Gasteiger partial charge in [-0.15, -0.1) is 0 Å². The zero-order valence-corrected chi connectivity index (χ0v) is 12.2. The summed E-state index contributed by atoms with van der Waals surface area (Å²) in [4.78, 5) is 4.95. The smallest absolute Gasteiger partial charge is 0.0715 e. The highest BCUT2D eigenvalue weighted by atomic mass is 16.5. The van der Waals surface area contributed by atoms with Crippen molar-refractivity contribution < 1.29 is 9.47 Å². The highest BCUT2D eigenvalue weighted by Gasteiger charge is 2.30. The first-order valence-electron chi connectivity index (χ1n) is 7.22. The topological polar surface area (TPSA) is 24.9 Å². The molecule has 0 aliphatic carbocycles. The van der Waals surface area contributed by atoms with Crippen LogP contribution in [0.25, 0.3) is 0 Å². The SMILES string of the molecule is CC(C)(C)N1CC[C@@H](OCCN2CCOCC2)C1. The summed E-state index contributed by atoms with van der Waals surface area (Å²) in [6.45, 7) is 14.9. The van der Waals surface area contributed by atoms with Crippen LogP contribution in [0, 0.1) is 0 Å². The first-order chi connectivity index (χ1) is 8.55.